The van der Waals surface area contributed by atoms with Crippen molar-refractivity contribution in [1.82, 2.24) is 19.1 Å². The van der Waals surface area contributed by atoms with Crippen LogP contribution in [0.2, 0.25) is 0 Å². The van der Waals surface area contributed by atoms with Crippen LogP contribution in [0.3, 0.4) is 0 Å². The molecule has 15 rings (SSSR count). The molecule has 6 nitrogen and oxygen atoms in total. The molecule has 0 spiro atoms. The molecule has 82 heavy (non-hydrogen) atoms. The summed E-state index contributed by atoms with van der Waals surface area (Å²) in [6.45, 7) is 0. The van der Waals surface area contributed by atoms with E-state index in [1.807, 2.05) is 0 Å². The number of hydrogen-bond donors (Lipinski definition) is 0. The molecule has 3 aromatic heterocycles. The highest BCUT2D eigenvalue weighted by molar-refractivity contribution is 6.12. The third kappa shape index (κ3) is 8.45. The van der Waals surface area contributed by atoms with Crippen molar-refractivity contribution in [3.05, 3.63) is 316 Å². The van der Waals surface area contributed by atoms with E-state index >= 15 is 0 Å². The van der Waals surface area contributed by atoms with Crippen LogP contribution in [0.5, 0.6) is 0 Å². The molecule has 15 aromatic rings. The SMILES string of the molecule is c1ccc(-c2ccccc2N(c2ccc(-c3nccnc3-c3ccc(N(c4ccc5c(c4)c4ccccc4n5-c4ccccc4)c4ccccc4-c4ccccc4)cc3)cc2)c2ccc3c(c2)c2ccccc2n3-c2ccccc2)cc1. The van der Waals surface area contributed by atoms with Crippen LogP contribution in [0.15, 0.2) is 316 Å². The first-order valence-corrected chi connectivity index (χ1v) is 27.8. The molecular formula is C76H52N6. The quantitative estimate of drug-likeness (QED) is 0.122. The first-order valence-electron chi connectivity index (χ1n) is 27.8. The van der Waals surface area contributed by atoms with Crippen molar-refractivity contribution in [2.75, 3.05) is 9.80 Å². The monoisotopic (exact) mass is 1050 g/mol. The Morgan fingerprint density at radius 1 is 0.244 bits per heavy atom. The zero-order valence-corrected chi connectivity index (χ0v) is 44.7. The molecule has 0 amide bonds. The second-order valence-corrected chi connectivity index (χ2v) is 20.6. The Morgan fingerprint density at radius 3 is 0.988 bits per heavy atom. The smallest absolute Gasteiger partial charge is 0.0965 e. The van der Waals surface area contributed by atoms with Gasteiger partial charge in [-0.1, -0.05) is 194 Å². The van der Waals surface area contributed by atoms with Crippen LogP contribution in [0.1, 0.15) is 0 Å². The van der Waals surface area contributed by atoms with Crippen molar-refractivity contribution in [3.8, 4) is 56.1 Å². The summed E-state index contributed by atoms with van der Waals surface area (Å²) < 4.78 is 4.73. The van der Waals surface area contributed by atoms with Gasteiger partial charge >= 0.3 is 0 Å². The van der Waals surface area contributed by atoms with Crippen LogP contribution >= 0.6 is 0 Å². The van der Waals surface area contributed by atoms with Crippen LogP contribution in [0.4, 0.5) is 34.1 Å². The van der Waals surface area contributed by atoms with E-state index < -0.39 is 0 Å². The molecule has 386 valence electrons. The van der Waals surface area contributed by atoms with Crippen molar-refractivity contribution >= 4 is 77.7 Å². The lowest BCUT2D eigenvalue weighted by atomic mass is 10.00. The Kier molecular flexibility index (Phi) is 12.1. The van der Waals surface area contributed by atoms with Crippen LogP contribution in [0.25, 0.3) is 99.8 Å². The zero-order chi connectivity index (χ0) is 54.3. The Hall–Kier alpha value is -11.1. The topological polar surface area (TPSA) is 42.1 Å². The van der Waals surface area contributed by atoms with Gasteiger partial charge in [-0.15, -0.1) is 0 Å². The van der Waals surface area contributed by atoms with Gasteiger partial charge in [-0.3, -0.25) is 9.97 Å². The number of nitrogens with zero attached hydrogens (tertiary/aromatic N) is 6. The van der Waals surface area contributed by atoms with Crippen LogP contribution in [0, 0.1) is 0 Å². The van der Waals surface area contributed by atoms with E-state index in [0.717, 1.165) is 101 Å². The van der Waals surface area contributed by atoms with E-state index in [4.69, 9.17) is 9.97 Å². The van der Waals surface area contributed by atoms with Crippen molar-refractivity contribution in [2.24, 2.45) is 0 Å². The van der Waals surface area contributed by atoms with Crippen LogP contribution in [-0.2, 0) is 0 Å². The summed E-state index contributed by atoms with van der Waals surface area (Å²) in [6, 6.07) is 109. The Balaban J connectivity index is 0.827. The van der Waals surface area contributed by atoms with Gasteiger partial charge in [0.15, 0.2) is 0 Å². The number of rotatable bonds is 12. The molecule has 6 heteroatoms. The maximum Gasteiger partial charge on any atom is 0.0965 e. The molecule has 0 aliphatic carbocycles. The minimum atomic E-state index is 0.805. The highest BCUT2D eigenvalue weighted by Gasteiger charge is 2.23. The number of para-hydroxylation sites is 6. The average molecular weight is 1050 g/mol. The first-order chi connectivity index (χ1) is 40.7. The number of anilines is 6. The third-order valence-electron chi connectivity index (χ3n) is 15.8. The first kappa shape index (κ1) is 48.1. The third-order valence-corrected chi connectivity index (χ3v) is 15.8. The summed E-state index contributed by atoms with van der Waals surface area (Å²) in [5.74, 6) is 0. The Labute approximate surface area is 476 Å². The summed E-state index contributed by atoms with van der Waals surface area (Å²) >= 11 is 0. The van der Waals surface area contributed by atoms with Gasteiger partial charge in [-0.25, -0.2) is 0 Å². The molecule has 0 saturated heterocycles. The summed E-state index contributed by atoms with van der Waals surface area (Å²) in [5.41, 5.74) is 21.3. The normalized spacial score (nSPS) is 11.4. The maximum atomic E-state index is 5.05. The van der Waals surface area contributed by atoms with Crippen LogP contribution < -0.4 is 9.80 Å². The van der Waals surface area contributed by atoms with Gasteiger partial charge in [0.2, 0.25) is 0 Å². The number of benzene rings is 12. The Morgan fingerprint density at radius 2 is 0.573 bits per heavy atom. The minimum absolute atomic E-state index is 0.805. The van der Waals surface area contributed by atoms with Gasteiger partial charge in [-0.05, 0) is 120 Å². The minimum Gasteiger partial charge on any atom is -0.310 e. The van der Waals surface area contributed by atoms with Crippen molar-refractivity contribution in [1.29, 1.82) is 0 Å². The van der Waals surface area contributed by atoms with E-state index in [-0.39, 0.29) is 0 Å². The molecule has 0 bridgehead atoms. The van der Waals surface area contributed by atoms with Gasteiger partial charge < -0.3 is 18.9 Å². The molecule has 0 aliphatic heterocycles. The molecule has 0 atom stereocenters. The largest absolute Gasteiger partial charge is 0.310 e. The fourth-order valence-corrected chi connectivity index (χ4v) is 12.1. The van der Waals surface area contributed by atoms with Gasteiger partial charge in [0.05, 0.1) is 44.8 Å². The van der Waals surface area contributed by atoms with Crippen molar-refractivity contribution in [2.45, 2.75) is 0 Å². The van der Waals surface area contributed by atoms with Gasteiger partial charge in [-0.2, -0.15) is 0 Å². The van der Waals surface area contributed by atoms with E-state index in [9.17, 15) is 0 Å². The molecule has 3 heterocycles. The molecule has 12 aromatic carbocycles. The highest BCUT2D eigenvalue weighted by Crippen LogP contribution is 2.46. The highest BCUT2D eigenvalue weighted by atomic mass is 15.2. The summed E-state index contributed by atoms with van der Waals surface area (Å²) in [4.78, 5) is 14.9. The van der Waals surface area contributed by atoms with E-state index in [1.165, 1.54) is 32.6 Å². The second kappa shape index (κ2) is 20.6. The number of hydrogen-bond acceptors (Lipinski definition) is 4. The lowest BCUT2D eigenvalue weighted by Crippen LogP contribution is -2.11. The fraction of sp³-hybridized carbons (Fsp3) is 0. The number of aromatic nitrogens is 4. The van der Waals surface area contributed by atoms with E-state index in [1.54, 1.807) is 12.4 Å². The van der Waals surface area contributed by atoms with Crippen molar-refractivity contribution in [3.63, 3.8) is 0 Å². The summed E-state index contributed by atoms with van der Waals surface area (Å²) in [7, 11) is 0. The predicted octanol–water partition coefficient (Wildman–Crippen LogP) is 20.3. The standard InChI is InChI=1S/C76H52N6/c1-5-21-53(22-6-1)63-29-13-17-33-69(63)79(61-45-47-73-67(51-61)65-31-15-19-35-71(65)81(73)57-25-9-3-10-26-57)59-41-37-55(38-42-59)75-76(78-50-49-77-75)56-39-43-60(44-40-56)80(70-34-18-14-30-64(70)54-23-7-2-8-24-54)62-46-48-74-68(52-62)66-32-16-20-36-72(66)82(74)58-27-11-4-12-28-58/h1-52H. The molecule has 0 radical (unpaired) electrons. The number of fused-ring (bicyclic) bond motifs is 6. The fourth-order valence-electron chi connectivity index (χ4n) is 12.1. The molecular weight excluding hydrogens is 997 g/mol. The van der Waals surface area contributed by atoms with Gasteiger partial charge in [0, 0.05) is 90.3 Å². The van der Waals surface area contributed by atoms with Crippen LogP contribution in [-0.4, -0.2) is 19.1 Å². The van der Waals surface area contributed by atoms with E-state index in [0.29, 0.717) is 0 Å². The molecule has 0 unspecified atom stereocenters. The predicted molar refractivity (Wildman–Crippen MR) is 342 cm³/mol. The summed E-state index contributed by atoms with van der Waals surface area (Å²) in [5, 5.41) is 4.77. The maximum absolute atomic E-state index is 5.05. The molecule has 0 fully saturated rings. The lowest BCUT2D eigenvalue weighted by Gasteiger charge is -2.28. The summed E-state index contributed by atoms with van der Waals surface area (Å²) in [6.07, 6.45) is 3.58. The van der Waals surface area contributed by atoms with E-state index in [2.05, 4.69) is 322 Å². The molecule has 0 aliphatic rings. The zero-order valence-electron chi connectivity index (χ0n) is 44.7. The second-order valence-electron chi connectivity index (χ2n) is 20.6. The van der Waals surface area contributed by atoms with Gasteiger partial charge in [0.25, 0.3) is 0 Å². The molecule has 0 N–H and O–H groups in total. The van der Waals surface area contributed by atoms with Gasteiger partial charge in [0.1, 0.15) is 0 Å². The Bertz CT molecular complexity index is 4480. The van der Waals surface area contributed by atoms with Crippen molar-refractivity contribution < 1.29 is 0 Å². The lowest BCUT2D eigenvalue weighted by molar-refractivity contribution is 1.18. The molecule has 0 saturated carbocycles. The average Bonchev–Trinajstić information content (AvgIpc) is 4.12.